The average Bonchev–Trinajstić information content (AvgIpc) is 2.59. The predicted molar refractivity (Wildman–Crippen MR) is 51.2 cm³/mol. The largest absolute Gasteiger partial charge is 0.321 e. The van der Waals surface area contributed by atoms with E-state index in [0.29, 0.717) is 0 Å². The first-order valence-corrected chi connectivity index (χ1v) is 5.26. The molecule has 1 fully saturated rings. The highest BCUT2D eigenvalue weighted by molar-refractivity contribution is 7.03. The molecule has 66 valence electrons. The summed E-state index contributed by atoms with van der Waals surface area (Å²) in [5.41, 5.74) is 8.66. The van der Waals surface area contributed by atoms with E-state index in [2.05, 4.69) is 16.7 Å². The molecule has 0 aromatic carbocycles. The van der Waals surface area contributed by atoms with Crippen LogP contribution in [0.2, 0.25) is 0 Å². The lowest BCUT2D eigenvalue weighted by atomic mass is 9.90. The number of hydrogen-bond acceptors (Lipinski definition) is 3. The van der Waals surface area contributed by atoms with Gasteiger partial charge in [-0.3, -0.25) is 0 Å². The Morgan fingerprint density at radius 2 is 2.17 bits per heavy atom. The summed E-state index contributed by atoms with van der Waals surface area (Å²) in [6.45, 7) is 2.05. The maximum Gasteiger partial charge on any atom is 0.0561 e. The topological polar surface area (TPSA) is 38.9 Å². The number of aryl methyl sites for hydroxylation is 1. The molecular formula is C9H14N2S. The molecule has 3 heteroatoms. The molecule has 1 aromatic heterocycles. The van der Waals surface area contributed by atoms with Gasteiger partial charge in [-0.15, -0.1) is 0 Å². The van der Waals surface area contributed by atoms with Gasteiger partial charge in [0.25, 0.3) is 0 Å². The van der Waals surface area contributed by atoms with Crippen LogP contribution < -0.4 is 5.73 Å². The lowest BCUT2D eigenvalue weighted by Crippen LogP contribution is -2.33. The summed E-state index contributed by atoms with van der Waals surface area (Å²) in [6, 6.07) is 0. The quantitative estimate of drug-likeness (QED) is 0.723. The van der Waals surface area contributed by atoms with Gasteiger partial charge in [0, 0.05) is 16.5 Å². The van der Waals surface area contributed by atoms with E-state index in [1.165, 1.54) is 29.9 Å². The number of nitrogens with two attached hydrogens (primary N) is 1. The molecule has 0 bridgehead atoms. The van der Waals surface area contributed by atoms with Gasteiger partial charge in [-0.25, -0.2) is 0 Å². The van der Waals surface area contributed by atoms with E-state index in [-0.39, 0.29) is 5.54 Å². The molecule has 1 aliphatic carbocycles. The van der Waals surface area contributed by atoms with Crippen molar-refractivity contribution < 1.29 is 0 Å². The minimum Gasteiger partial charge on any atom is -0.321 e. The molecule has 0 saturated heterocycles. The molecular weight excluding hydrogens is 168 g/mol. The van der Waals surface area contributed by atoms with E-state index in [4.69, 9.17) is 5.73 Å². The van der Waals surface area contributed by atoms with E-state index in [0.717, 1.165) is 18.5 Å². The zero-order chi connectivity index (χ0) is 8.60. The smallest absolute Gasteiger partial charge is 0.0561 e. The molecule has 2 rings (SSSR count). The summed E-state index contributed by atoms with van der Waals surface area (Å²) in [6.07, 6.45) is 4.80. The first-order valence-electron chi connectivity index (χ1n) is 4.43. The van der Waals surface area contributed by atoms with Crippen molar-refractivity contribution in [2.45, 2.75) is 38.1 Å². The molecule has 1 saturated carbocycles. The van der Waals surface area contributed by atoms with Crippen LogP contribution in [-0.4, -0.2) is 4.37 Å². The average molecular weight is 182 g/mol. The standard InChI is InChI=1S/C9H14N2S/c1-7-8(6-12-11-7)9(10)4-2-3-5-9/h6H,2-5,10H2,1H3. The van der Waals surface area contributed by atoms with Crippen LogP contribution in [0.5, 0.6) is 0 Å². The van der Waals surface area contributed by atoms with Crippen molar-refractivity contribution >= 4 is 11.5 Å². The summed E-state index contributed by atoms with van der Waals surface area (Å²) in [5.74, 6) is 0. The third kappa shape index (κ3) is 1.17. The summed E-state index contributed by atoms with van der Waals surface area (Å²) < 4.78 is 4.27. The molecule has 1 aliphatic rings. The van der Waals surface area contributed by atoms with Crippen LogP contribution in [0.4, 0.5) is 0 Å². The lowest BCUT2D eigenvalue weighted by Gasteiger charge is -2.22. The molecule has 0 radical (unpaired) electrons. The molecule has 0 atom stereocenters. The summed E-state index contributed by atoms with van der Waals surface area (Å²) in [4.78, 5) is 0. The highest BCUT2D eigenvalue weighted by atomic mass is 32.1. The van der Waals surface area contributed by atoms with Crippen molar-refractivity contribution in [2.24, 2.45) is 5.73 Å². The fourth-order valence-corrected chi connectivity index (χ4v) is 2.87. The van der Waals surface area contributed by atoms with Crippen LogP contribution in [0.15, 0.2) is 5.38 Å². The number of rotatable bonds is 1. The highest BCUT2D eigenvalue weighted by Gasteiger charge is 2.33. The van der Waals surface area contributed by atoms with Crippen LogP contribution in [-0.2, 0) is 5.54 Å². The van der Waals surface area contributed by atoms with Crippen LogP contribution in [0.1, 0.15) is 36.9 Å². The Morgan fingerprint density at radius 1 is 1.50 bits per heavy atom. The minimum atomic E-state index is -0.0446. The second-order valence-corrected chi connectivity index (χ2v) is 4.31. The Balaban J connectivity index is 2.34. The third-order valence-corrected chi connectivity index (χ3v) is 3.50. The van der Waals surface area contributed by atoms with Gasteiger partial charge in [0.2, 0.25) is 0 Å². The first-order chi connectivity index (χ1) is 5.72. The zero-order valence-electron chi connectivity index (χ0n) is 7.34. The number of aromatic nitrogens is 1. The Morgan fingerprint density at radius 3 is 2.67 bits per heavy atom. The summed E-state index contributed by atoms with van der Waals surface area (Å²) >= 11 is 1.52. The number of hydrogen-bond donors (Lipinski definition) is 1. The highest BCUT2D eigenvalue weighted by Crippen LogP contribution is 2.37. The van der Waals surface area contributed by atoms with Crippen LogP contribution in [0, 0.1) is 6.92 Å². The molecule has 2 nitrogen and oxygen atoms in total. The minimum absolute atomic E-state index is 0.0446. The number of nitrogens with zero attached hydrogens (tertiary/aromatic N) is 1. The van der Waals surface area contributed by atoms with Crippen molar-refractivity contribution in [2.75, 3.05) is 0 Å². The van der Waals surface area contributed by atoms with Crippen molar-refractivity contribution in [3.8, 4) is 0 Å². The predicted octanol–water partition coefficient (Wildman–Crippen LogP) is 2.18. The van der Waals surface area contributed by atoms with Gasteiger partial charge < -0.3 is 5.73 Å². The molecule has 1 aromatic rings. The molecule has 1 heterocycles. The Hall–Kier alpha value is -0.410. The fourth-order valence-electron chi connectivity index (χ4n) is 2.05. The second-order valence-electron chi connectivity index (χ2n) is 3.68. The zero-order valence-corrected chi connectivity index (χ0v) is 8.16. The van der Waals surface area contributed by atoms with Gasteiger partial charge in [0.05, 0.1) is 5.69 Å². The van der Waals surface area contributed by atoms with Crippen molar-refractivity contribution in [3.05, 3.63) is 16.6 Å². The molecule has 0 amide bonds. The van der Waals surface area contributed by atoms with Crippen LogP contribution >= 0.6 is 11.5 Å². The second kappa shape index (κ2) is 2.82. The van der Waals surface area contributed by atoms with Crippen molar-refractivity contribution in [1.82, 2.24) is 4.37 Å². The molecule has 2 N–H and O–H groups in total. The van der Waals surface area contributed by atoms with Gasteiger partial charge in [-0.2, -0.15) is 4.37 Å². The first kappa shape index (κ1) is 8.20. The third-order valence-electron chi connectivity index (χ3n) is 2.78. The fraction of sp³-hybridized carbons (Fsp3) is 0.667. The monoisotopic (exact) mass is 182 g/mol. The summed E-state index contributed by atoms with van der Waals surface area (Å²) in [7, 11) is 0. The Kier molecular flexibility index (Phi) is 1.93. The van der Waals surface area contributed by atoms with E-state index >= 15 is 0 Å². The Labute approximate surface area is 77.0 Å². The van der Waals surface area contributed by atoms with E-state index in [1.54, 1.807) is 0 Å². The van der Waals surface area contributed by atoms with Crippen molar-refractivity contribution in [1.29, 1.82) is 0 Å². The molecule has 0 unspecified atom stereocenters. The lowest BCUT2D eigenvalue weighted by molar-refractivity contribution is 0.460. The maximum atomic E-state index is 6.29. The summed E-state index contributed by atoms with van der Waals surface area (Å²) in [5, 5.41) is 2.11. The van der Waals surface area contributed by atoms with E-state index in [9.17, 15) is 0 Å². The molecule has 0 spiro atoms. The Bertz CT molecular complexity index is 274. The van der Waals surface area contributed by atoms with E-state index < -0.39 is 0 Å². The normalized spacial score (nSPS) is 21.5. The van der Waals surface area contributed by atoms with Crippen LogP contribution in [0.3, 0.4) is 0 Å². The molecule has 0 aliphatic heterocycles. The van der Waals surface area contributed by atoms with Gasteiger partial charge in [-0.05, 0) is 31.3 Å². The van der Waals surface area contributed by atoms with Gasteiger partial charge in [0.15, 0.2) is 0 Å². The van der Waals surface area contributed by atoms with E-state index in [1.807, 2.05) is 0 Å². The maximum absolute atomic E-state index is 6.29. The SMILES string of the molecule is Cc1nscc1C1(N)CCCC1. The van der Waals surface area contributed by atoms with Gasteiger partial charge >= 0.3 is 0 Å². The molecule has 12 heavy (non-hydrogen) atoms. The van der Waals surface area contributed by atoms with Crippen LogP contribution in [0.25, 0.3) is 0 Å². The van der Waals surface area contributed by atoms with Crippen molar-refractivity contribution in [3.63, 3.8) is 0 Å². The van der Waals surface area contributed by atoms with Gasteiger partial charge in [0.1, 0.15) is 0 Å². The van der Waals surface area contributed by atoms with Gasteiger partial charge in [-0.1, -0.05) is 12.8 Å².